The van der Waals surface area contributed by atoms with E-state index in [9.17, 15) is 24.3 Å². The number of β-lactam (4-membered cyclic amide) rings is 1. The minimum Gasteiger partial charge on any atom is -1.00 e. The molecule has 3 heterocycles. The number of fused-ring (bicyclic) bond motifs is 1. The predicted molar refractivity (Wildman–Crippen MR) is 81.9 cm³/mol. The normalized spacial score (nSPS) is 26.8. The van der Waals surface area contributed by atoms with Gasteiger partial charge in [0.15, 0.2) is 0 Å². The summed E-state index contributed by atoms with van der Waals surface area (Å²) >= 11 is 1.31. The van der Waals surface area contributed by atoms with Crippen molar-refractivity contribution in [2.24, 2.45) is 0 Å². The Hall–Kier alpha value is -0.654. The molecule has 24 heavy (non-hydrogen) atoms. The average molecular weight is 377 g/mol. The summed E-state index contributed by atoms with van der Waals surface area (Å²) in [6.45, 7) is 3.48. The SMILES string of the molecule is CC1(C)S[C@@H]2[C@H](NC(=O)C(=O)c3ccc[nH]3)C(=O)N2[C@H]1C(=O)O.[H-].[K+]. The number of nitrogens with zero attached hydrogens (tertiary/aromatic N) is 1. The molecule has 2 aliphatic rings. The van der Waals surface area contributed by atoms with Crippen LogP contribution < -0.4 is 56.7 Å². The van der Waals surface area contributed by atoms with Crippen LogP contribution in [-0.4, -0.2) is 60.8 Å². The molecule has 0 bridgehead atoms. The van der Waals surface area contributed by atoms with Gasteiger partial charge in [-0.3, -0.25) is 14.4 Å². The second kappa shape index (κ2) is 6.92. The number of aliphatic carboxylic acids is 1. The van der Waals surface area contributed by atoms with Crippen LogP contribution in [0.2, 0.25) is 0 Å². The molecule has 0 spiro atoms. The zero-order valence-electron chi connectivity index (χ0n) is 14.4. The van der Waals surface area contributed by atoms with E-state index in [1.165, 1.54) is 28.9 Å². The number of aromatic nitrogens is 1. The molecule has 0 aromatic carbocycles. The summed E-state index contributed by atoms with van der Waals surface area (Å²) in [4.78, 5) is 51.4. The number of Topliss-reactive ketones (excluding diaryl/α,β-unsaturated/α-hetero) is 1. The van der Waals surface area contributed by atoms with Crippen molar-refractivity contribution in [3.63, 3.8) is 0 Å². The zero-order chi connectivity index (χ0) is 16.9. The van der Waals surface area contributed by atoms with Crippen molar-refractivity contribution < 1.29 is 77.1 Å². The van der Waals surface area contributed by atoms with E-state index in [1.54, 1.807) is 19.9 Å². The van der Waals surface area contributed by atoms with Crippen molar-refractivity contribution in [2.75, 3.05) is 0 Å². The van der Waals surface area contributed by atoms with E-state index >= 15 is 0 Å². The fraction of sp³-hybridized carbons (Fsp3) is 0.429. The quantitative estimate of drug-likeness (QED) is 0.222. The first-order chi connectivity index (χ1) is 10.7. The van der Waals surface area contributed by atoms with Gasteiger partial charge in [0, 0.05) is 10.9 Å². The molecule has 1 aromatic rings. The summed E-state index contributed by atoms with van der Waals surface area (Å²) in [6.07, 6.45) is 1.52. The standard InChI is InChI=1S/C14H15N3O5S.K.H/c1-14(2)9(13(21)22)17-11(20)7(12(17)23-14)16-10(19)8(18)6-4-3-5-15-6;;/h3-5,7,9,12,15H,1-2H3,(H,16,19)(H,21,22);;/q;+1;-1/t7-,9+,12-;;/m1../s1. The van der Waals surface area contributed by atoms with E-state index in [2.05, 4.69) is 10.3 Å². The van der Waals surface area contributed by atoms with E-state index in [1.807, 2.05) is 0 Å². The predicted octanol–water partition coefficient (Wildman–Crippen LogP) is -3.05. The zero-order valence-corrected chi connectivity index (χ0v) is 17.3. The number of ketones is 1. The molecule has 0 radical (unpaired) electrons. The Morgan fingerprint density at radius 2 is 2.08 bits per heavy atom. The molecular weight excluding hydrogens is 361 g/mol. The molecule has 2 amide bonds. The van der Waals surface area contributed by atoms with Crippen molar-refractivity contribution in [3.8, 4) is 0 Å². The molecule has 3 atom stereocenters. The number of carboxylic acids is 1. The summed E-state index contributed by atoms with van der Waals surface area (Å²) < 4.78 is -0.672. The first kappa shape index (κ1) is 19.7. The number of hydrogen-bond donors (Lipinski definition) is 3. The Morgan fingerprint density at radius 1 is 1.42 bits per heavy atom. The van der Waals surface area contributed by atoms with Crippen molar-refractivity contribution >= 4 is 35.3 Å². The summed E-state index contributed by atoms with van der Waals surface area (Å²) in [7, 11) is 0. The number of rotatable bonds is 4. The van der Waals surface area contributed by atoms with Crippen LogP contribution in [0.15, 0.2) is 18.3 Å². The number of carboxylic acid groups (broad SMARTS) is 1. The van der Waals surface area contributed by atoms with Crippen LogP contribution in [0.1, 0.15) is 25.8 Å². The fourth-order valence-corrected chi connectivity index (χ4v) is 4.57. The third kappa shape index (κ3) is 3.11. The monoisotopic (exact) mass is 377 g/mol. The first-order valence-electron chi connectivity index (χ1n) is 6.95. The van der Waals surface area contributed by atoms with Gasteiger partial charge < -0.3 is 21.7 Å². The van der Waals surface area contributed by atoms with Gasteiger partial charge in [-0.25, -0.2) is 4.79 Å². The minimum atomic E-state index is -1.08. The number of nitrogens with one attached hydrogen (secondary N) is 2. The minimum absolute atomic E-state index is 0. The number of H-pyrrole nitrogens is 1. The Bertz CT molecular complexity index is 711. The van der Waals surface area contributed by atoms with Crippen LogP contribution in [0.5, 0.6) is 0 Å². The van der Waals surface area contributed by atoms with E-state index in [-0.39, 0.29) is 58.5 Å². The van der Waals surface area contributed by atoms with Gasteiger partial charge in [0.05, 0.1) is 5.69 Å². The topological polar surface area (TPSA) is 120 Å². The maximum Gasteiger partial charge on any atom is 1.00 e. The molecule has 3 N–H and O–H groups in total. The molecule has 0 unspecified atom stereocenters. The number of aromatic amines is 1. The number of carbonyl (C=O) groups excluding carboxylic acids is 3. The summed E-state index contributed by atoms with van der Waals surface area (Å²) in [5.41, 5.74) is 0.133. The van der Waals surface area contributed by atoms with Gasteiger partial charge in [0.2, 0.25) is 5.91 Å². The van der Waals surface area contributed by atoms with Crippen LogP contribution in [0, 0.1) is 0 Å². The molecule has 124 valence electrons. The van der Waals surface area contributed by atoms with Gasteiger partial charge in [-0.15, -0.1) is 11.8 Å². The molecule has 2 fully saturated rings. The smallest absolute Gasteiger partial charge is 1.00 e. The molecule has 0 saturated carbocycles. The Morgan fingerprint density at radius 3 is 2.62 bits per heavy atom. The second-order valence-corrected chi connectivity index (χ2v) is 7.73. The van der Waals surface area contributed by atoms with Crippen LogP contribution >= 0.6 is 11.8 Å². The Kier molecular flexibility index (Phi) is 5.67. The van der Waals surface area contributed by atoms with Gasteiger partial charge in [0.1, 0.15) is 17.5 Å². The third-order valence-electron chi connectivity index (χ3n) is 4.01. The fourth-order valence-electron chi connectivity index (χ4n) is 2.95. The molecule has 1 aromatic heterocycles. The van der Waals surface area contributed by atoms with E-state index in [0.29, 0.717) is 0 Å². The average Bonchev–Trinajstić information content (AvgIpc) is 3.08. The van der Waals surface area contributed by atoms with Crippen LogP contribution in [0.4, 0.5) is 0 Å². The van der Waals surface area contributed by atoms with Gasteiger partial charge in [-0.1, -0.05) is 0 Å². The van der Waals surface area contributed by atoms with Crippen molar-refractivity contribution in [2.45, 2.75) is 36.1 Å². The van der Waals surface area contributed by atoms with Crippen molar-refractivity contribution in [1.29, 1.82) is 0 Å². The van der Waals surface area contributed by atoms with Crippen LogP contribution in [0.25, 0.3) is 0 Å². The van der Waals surface area contributed by atoms with Gasteiger partial charge >= 0.3 is 57.4 Å². The van der Waals surface area contributed by atoms with E-state index < -0.39 is 45.8 Å². The Labute approximate surface area is 186 Å². The maximum absolute atomic E-state index is 12.2. The summed E-state index contributed by atoms with van der Waals surface area (Å²) in [5, 5.41) is 11.3. The second-order valence-electron chi connectivity index (χ2n) is 5.96. The number of thioether (sulfide) groups is 1. The molecular formula is C14H16KN3O5S. The number of carbonyl (C=O) groups is 4. The van der Waals surface area contributed by atoms with Crippen LogP contribution in [0.3, 0.4) is 0 Å². The first-order valence-corrected chi connectivity index (χ1v) is 7.83. The van der Waals surface area contributed by atoms with Crippen molar-refractivity contribution in [3.05, 3.63) is 24.0 Å². The largest absolute Gasteiger partial charge is 1.00 e. The molecule has 2 aliphatic heterocycles. The Balaban J connectivity index is 0.00000156. The maximum atomic E-state index is 12.2. The molecule has 10 heteroatoms. The van der Waals surface area contributed by atoms with Crippen molar-refractivity contribution in [1.82, 2.24) is 15.2 Å². The molecule has 3 rings (SSSR count). The molecule has 2 saturated heterocycles. The molecule has 0 aliphatic carbocycles. The van der Waals surface area contributed by atoms with Crippen LogP contribution in [-0.2, 0) is 14.4 Å². The summed E-state index contributed by atoms with van der Waals surface area (Å²) in [5.74, 6) is -3.21. The van der Waals surface area contributed by atoms with Gasteiger partial charge in [0.25, 0.3) is 11.7 Å². The van der Waals surface area contributed by atoms with Gasteiger partial charge in [-0.05, 0) is 26.0 Å². The van der Waals surface area contributed by atoms with E-state index in [4.69, 9.17) is 0 Å². The number of amides is 2. The number of hydrogen-bond acceptors (Lipinski definition) is 5. The van der Waals surface area contributed by atoms with Gasteiger partial charge in [-0.2, -0.15) is 0 Å². The summed E-state index contributed by atoms with van der Waals surface area (Å²) in [6, 6.07) is 1.22. The molecule has 8 nitrogen and oxygen atoms in total. The van der Waals surface area contributed by atoms with E-state index in [0.717, 1.165) is 0 Å². The third-order valence-corrected chi connectivity index (χ3v) is 5.58.